The van der Waals surface area contributed by atoms with Crippen LogP contribution in [0.25, 0.3) is 10.9 Å². The Labute approximate surface area is 99.6 Å². The van der Waals surface area contributed by atoms with Crippen LogP contribution >= 0.6 is 11.6 Å². The molecule has 0 aliphatic carbocycles. The fourth-order valence-corrected chi connectivity index (χ4v) is 2.38. The van der Waals surface area contributed by atoms with E-state index in [4.69, 9.17) is 11.6 Å². The summed E-state index contributed by atoms with van der Waals surface area (Å²) in [7, 11) is 0. The Morgan fingerprint density at radius 3 is 2.94 bits per heavy atom. The zero-order chi connectivity index (χ0) is 11.7. The predicted octanol–water partition coefficient (Wildman–Crippen LogP) is 3.90. The molecule has 0 amide bonds. The minimum Gasteiger partial charge on any atom is -0.361 e. The van der Waals surface area contributed by atoms with Gasteiger partial charge in [0.15, 0.2) is 0 Å². The van der Waals surface area contributed by atoms with E-state index in [9.17, 15) is 4.79 Å². The van der Waals surface area contributed by atoms with Gasteiger partial charge in [-0.25, -0.2) is 0 Å². The quantitative estimate of drug-likeness (QED) is 0.860. The average Bonchev–Trinajstić information content (AvgIpc) is 2.61. The maximum absolute atomic E-state index is 11.1. The summed E-state index contributed by atoms with van der Waals surface area (Å²) >= 11 is 6.18. The third kappa shape index (κ3) is 1.98. The lowest BCUT2D eigenvalue weighted by Gasteiger charge is -2.08. The summed E-state index contributed by atoms with van der Waals surface area (Å²) in [5.74, 6) is 0.403. The molecule has 2 rings (SSSR count). The van der Waals surface area contributed by atoms with Crippen molar-refractivity contribution in [2.45, 2.75) is 26.2 Å². The Morgan fingerprint density at radius 2 is 2.25 bits per heavy atom. The third-order valence-electron chi connectivity index (χ3n) is 2.81. The largest absolute Gasteiger partial charge is 0.361 e. The molecule has 1 unspecified atom stereocenters. The number of aromatic nitrogens is 1. The first-order valence-corrected chi connectivity index (χ1v) is 5.72. The van der Waals surface area contributed by atoms with E-state index in [2.05, 4.69) is 4.98 Å². The highest BCUT2D eigenvalue weighted by Gasteiger charge is 2.14. The topological polar surface area (TPSA) is 32.9 Å². The number of Topliss-reactive ketones (excluding diaryl/α,β-unsaturated/α-hetero) is 1. The molecular formula is C13H14ClNO. The highest BCUT2D eigenvalue weighted by Crippen LogP contribution is 2.32. The van der Waals surface area contributed by atoms with Crippen molar-refractivity contribution >= 4 is 28.3 Å². The number of halogens is 1. The molecule has 0 fully saturated rings. The maximum atomic E-state index is 11.1. The van der Waals surface area contributed by atoms with Crippen LogP contribution in [-0.2, 0) is 4.79 Å². The molecule has 0 saturated carbocycles. The van der Waals surface area contributed by atoms with Gasteiger partial charge in [0.05, 0.1) is 5.02 Å². The molecule has 0 bridgehead atoms. The number of ketones is 1. The number of carbonyl (C=O) groups excluding carboxylic acids is 1. The molecule has 1 atom stereocenters. The second kappa shape index (κ2) is 4.30. The molecule has 2 nitrogen and oxygen atoms in total. The van der Waals surface area contributed by atoms with Crippen molar-refractivity contribution in [2.75, 3.05) is 0 Å². The number of benzene rings is 1. The van der Waals surface area contributed by atoms with Crippen molar-refractivity contribution in [1.29, 1.82) is 0 Å². The molecule has 84 valence electrons. The normalized spacial score (nSPS) is 12.9. The smallest absolute Gasteiger partial charge is 0.130 e. The Bertz CT molecular complexity index is 530. The molecule has 0 spiro atoms. The SMILES string of the molecule is CC(=O)CC(C)c1c[nH]c2cccc(Cl)c12. The number of rotatable bonds is 3. The molecule has 1 N–H and O–H groups in total. The first-order valence-electron chi connectivity index (χ1n) is 5.34. The first-order chi connectivity index (χ1) is 7.59. The van der Waals surface area contributed by atoms with Crippen LogP contribution in [0.2, 0.25) is 5.02 Å². The van der Waals surface area contributed by atoms with Gasteiger partial charge in [0.2, 0.25) is 0 Å². The Kier molecular flexibility index (Phi) is 3.01. The van der Waals surface area contributed by atoms with Crippen molar-refractivity contribution in [3.05, 3.63) is 35.0 Å². The van der Waals surface area contributed by atoms with Crippen LogP contribution in [0.5, 0.6) is 0 Å². The van der Waals surface area contributed by atoms with Crippen molar-refractivity contribution < 1.29 is 4.79 Å². The molecule has 0 radical (unpaired) electrons. The second-order valence-corrected chi connectivity index (χ2v) is 4.62. The van der Waals surface area contributed by atoms with Crippen LogP contribution in [0.4, 0.5) is 0 Å². The summed E-state index contributed by atoms with van der Waals surface area (Å²) in [5.41, 5.74) is 2.15. The van der Waals surface area contributed by atoms with Gasteiger partial charge in [-0.2, -0.15) is 0 Å². The van der Waals surface area contributed by atoms with Crippen LogP contribution in [0.15, 0.2) is 24.4 Å². The van der Waals surface area contributed by atoms with E-state index in [1.165, 1.54) is 0 Å². The Morgan fingerprint density at radius 1 is 1.50 bits per heavy atom. The van der Waals surface area contributed by atoms with Crippen molar-refractivity contribution in [1.82, 2.24) is 4.98 Å². The van der Waals surface area contributed by atoms with Crippen LogP contribution < -0.4 is 0 Å². The summed E-state index contributed by atoms with van der Waals surface area (Å²) in [4.78, 5) is 14.3. The molecule has 3 heteroatoms. The predicted molar refractivity (Wildman–Crippen MR) is 67.0 cm³/mol. The standard InChI is InChI=1S/C13H14ClNO/c1-8(6-9(2)16)10-7-15-12-5-3-4-11(14)13(10)12/h3-5,7-8,15H,6H2,1-2H3. The highest BCUT2D eigenvalue weighted by atomic mass is 35.5. The second-order valence-electron chi connectivity index (χ2n) is 4.21. The highest BCUT2D eigenvalue weighted by molar-refractivity contribution is 6.35. The summed E-state index contributed by atoms with van der Waals surface area (Å²) in [6.07, 6.45) is 2.50. The number of aromatic amines is 1. The van der Waals surface area contributed by atoms with E-state index >= 15 is 0 Å². The van der Waals surface area contributed by atoms with E-state index in [0.717, 1.165) is 21.5 Å². The number of nitrogens with one attached hydrogen (secondary N) is 1. The van der Waals surface area contributed by atoms with E-state index in [0.29, 0.717) is 6.42 Å². The molecule has 1 heterocycles. The fourth-order valence-electron chi connectivity index (χ4n) is 2.10. The summed E-state index contributed by atoms with van der Waals surface area (Å²) in [6.45, 7) is 3.67. The monoisotopic (exact) mass is 235 g/mol. The zero-order valence-electron chi connectivity index (χ0n) is 9.38. The lowest BCUT2D eigenvalue weighted by Crippen LogP contribution is -1.99. The van der Waals surface area contributed by atoms with Crippen LogP contribution in [0, 0.1) is 0 Å². The number of fused-ring (bicyclic) bond motifs is 1. The maximum Gasteiger partial charge on any atom is 0.130 e. The van der Waals surface area contributed by atoms with Gasteiger partial charge in [-0.3, -0.25) is 0 Å². The van der Waals surface area contributed by atoms with Gasteiger partial charge in [0, 0.05) is 23.5 Å². The Balaban J connectivity index is 2.48. The van der Waals surface area contributed by atoms with Crippen LogP contribution in [0.3, 0.4) is 0 Å². The molecule has 0 saturated heterocycles. The summed E-state index contributed by atoms with van der Waals surface area (Å²) in [5, 5.41) is 1.78. The number of H-pyrrole nitrogens is 1. The zero-order valence-corrected chi connectivity index (χ0v) is 10.1. The van der Waals surface area contributed by atoms with Gasteiger partial charge in [-0.15, -0.1) is 0 Å². The fraction of sp³-hybridized carbons (Fsp3) is 0.308. The number of hydrogen-bond donors (Lipinski definition) is 1. The average molecular weight is 236 g/mol. The molecule has 16 heavy (non-hydrogen) atoms. The first kappa shape index (κ1) is 11.2. The van der Waals surface area contributed by atoms with Crippen molar-refractivity contribution in [3.8, 4) is 0 Å². The molecular weight excluding hydrogens is 222 g/mol. The Hall–Kier alpha value is -1.28. The molecule has 1 aromatic heterocycles. The minimum atomic E-state index is 0.200. The minimum absolute atomic E-state index is 0.200. The lowest BCUT2D eigenvalue weighted by atomic mass is 9.96. The number of hydrogen-bond acceptors (Lipinski definition) is 1. The van der Waals surface area contributed by atoms with Crippen LogP contribution in [0.1, 0.15) is 31.7 Å². The molecule has 1 aromatic carbocycles. The summed E-state index contributed by atoms with van der Waals surface area (Å²) in [6, 6.07) is 5.79. The van der Waals surface area contributed by atoms with E-state index in [-0.39, 0.29) is 11.7 Å². The lowest BCUT2D eigenvalue weighted by molar-refractivity contribution is -0.117. The third-order valence-corrected chi connectivity index (χ3v) is 3.12. The van der Waals surface area contributed by atoms with Crippen LogP contribution in [-0.4, -0.2) is 10.8 Å². The van der Waals surface area contributed by atoms with E-state index in [1.54, 1.807) is 6.92 Å². The van der Waals surface area contributed by atoms with Gasteiger partial charge in [-0.1, -0.05) is 24.6 Å². The van der Waals surface area contributed by atoms with Gasteiger partial charge >= 0.3 is 0 Å². The molecule has 0 aliphatic rings. The molecule has 2 aromatic rings. The van der Waals surface area contributed by atoms with Gasteiger partial charge in [0.25, 0.3) is 0 Å². The van der Waals surface area contributed by atoms with Gasteiger partial charge in [0.1, 0.15) is 5.78 Å². The molecule has 0 aliphatic heterocycles. The van der Waals surface area contributed by atoms with Gasteiger partial charge < -0.3 is 9.78 Å². The van der Waals surface area contributed by atoms with Gasteiger partial charge in [-0.05, 0) is 30.5 Å². The van der Waals surface area contributed by atoms with E-state index in [1.807, 2.05) is 31.3 Å². The van der Waals surface area contributed by atoms with Crippen molar-refractivity contribution in [2.24, 2.45) is 0 Å². The number of carbonyl (C=O) groups is 1. The van der Waals surface area contributed by atoms with E-state index < -0.39 is 0 Å². The van der Waals surface area contributed by atoms with Crippen molar-refractivity contribution in [3.63, 3.8) is 0 Å². The summed E-state index contributed by atoms with van der Waals surface area (Å²) < 4.78 is 0.